The Morgan fingerprint density at radius 1 is 0.905 bits per heavy atom. The minimum Gasteiger partial charge on any atom is -0.497 e. The fraction of sp³-hybridized carbons (Fsp3) is 0.0588. The number of nitrogens with zero attached hydrogens (tertiary/aromatic N) is 2. The van der Waals surface area contributed by atoms with E-state index in [0.717, 1.165) is 28.1 Å². The second kappa shape index (κ2) is 5.63. The number of methoxy groups -OCH3 is 1. The summed E-state index contributed by atoms with van der Waals surface area (Å²) in [4.78, 5) is 8.52. The van der Waals surface area contributed by atoms with E-state index in [2.05, 4.69) is 9.97 Å². The van der Waals surface area contributed by atoms with Crippen LogP contribution in [0.15, 0.2) is 60.8 Å². The molecule has 0 unspecified atom stereocenters. The molecular formula is C17H15N3O. The third-order valence-corrected chi connectivity index (χ3v) is 3.26. The number of nitrogen functional groups attached to an aromatic ring is 1. The first-order valence-electron chi connectivity index (χ1n) is 6.60. The monoisotopic (exact) mass is 277 g/mol. The molecule has 104 valence electrons. The van der Waals surface area contributed by atoms with Gasteiger partial charge < -0.3 is 10.5 Å². The zero-order valence-electron chi connectivity index (χ0n) is 11.7. The quantitative estimate of drug-likeness (QED) is 0.797. The van der Waals surface area contributed by atoms with Gasteiger partial charge in [-0.05, 0) is 17.7 Å². The summed E-state index contributed by atoms with van der Waals surface area (Å²) >= 11 is 0. The third-order valence-electron chi connectivity index (χ3n) is 3.26. The number of anilines is 1. The van der Waals surface area contributed by atoms with Crippen LogP contribution >= 0.6 is 0 Å². The highest BCUT2D eigenvalue weighted by atomic mass is 16.5. The van der Waals surface area contributed by atoms with Crippen LogP contribution in [-0.4, -0.2) is 17.1 Å². The Balaban J connectivity index is 2.13. The molecule has 2 aromatic carbocycles. The van der Waals surface area contributed by atoms with Gasteiger partial charge in [0.2, 0.25) is 5.95 Å². The molecular weight excluding hydrogens is 262 g/mol. The number of hydrogen-bond acceptors (Lipinski definition) is 4. The third kappa shape index (κ3) is 2.69. The van der Waals surface area contributed by atoms with Crippen molar-refractivity contribution in [1.29, 1.82) is 0 Å². The molecule has 0 spiro atoms. The van der Waals surface area contributed by atoms with Crippen molar-refractivity contribution in [3.63, 3.8) is 0 Å². The maximum absolute atomic E-state index is 5.75. The first kappa shape index (κ1) is 13.1. The molecule has 0 atom stereocenters. The number of nitrogens with two attached hydrogens (primary N) is 1. The number of aromatic nitrogens is 2. The maximum Gasteiger partial charge on any atom is 0.220 e. The minimum atomic E-state index is 0.270. The maximum atomic E-state index is 5.75. The summed E-state index contributed by atoms with van der Waals surface area (Å²) in [6.07, 6.45) is 1.76. The topological polar surface area (TPSA) is 61.0 Å². The van der Waals surface area contributed by atoms with Crippen LogP contribution in [0.25, 0.3) is 22.4 Å². The molecule has 1 heterocycles. The summed E-state index contributed by atoms with van der Waals surface area (Å²) in [7, 11) is 1.65. The summed E-state index contributed by atoms with van der Waals surface area (Å²) in [5.41, 5.74) is 9.55. The molecule has 0 amide bonds. The largest absolute Gasteiger partial charge is 0.497 e. The van der Waals surface area contributed by atoms with Gasteiger partial charge in [-0.25, -0.2) is 9.97 Å². The van der Waals surface area contributed by atoms with E-state index in [1.54, 1.807) is 13.3 Å². The number of rotatable bonds is 3. The van der Waals surface area contributed by atoms with E-state index in [-0.39, 0.29) is 5.95 Å². The molecule has 3 aromatic rings. The molecule has 0 fully saturated rings. The van der Waals surface area contributed by atoms with Crippen LogP contribution < -0.4 is 10.5 Å². The summed E-state index contributed by atoms with van der Waals surface area (Å²) in [6, 6.07) is 17.8. The van der Waals surface area contributed by atoms with E-state index in [1.165, 1.54) is 0 Å². The highest BCUT2D eigenvalue weighted by molar-refractivity contribution is 5.80. The Morgan fingerprint density at radius 3 is 2.29 bits per heavy atom. The summed E-state index contributed by atoms with van der Waals surface area (Å²) in [5, 5.41) is 0. The lowest BCUT2D eigenvalue weighted by Gasteiger charge is -2.10. The molecule has 0 aliphatic rings. The minimum absolute atomic E-state index is 0.270. The van der Waals surface area contributed by atoms with Gasteiger partial charge in [-0.15, -0.1) is 0 Å². The van der Waals surface area contributed by atoms with Gasteiger partial charge in [0.1, 0.15) is 5.75 Å². The molecule has 2 N–H and O–H groups in total. The van der Waals surface area contributed by atoms with E-state index in [1.807, 2.05) is 54.6 Å². The summed E-state index contributed by atoms with van der Waals surface area (Å²) in [5.74, 6) is 1.09. The second-order valence-electron chi connectivity index (χ2n) is 4.59. The van der Waals surface area contributed by atoms with Crippen molar-refractivity contribution in [2.24, 2.45) is 0 Å². The fourth-order valence-electron chi connectivity index (χ4n) is 2.19. The van der Waals surface area contributed by atoms with Gasteiger partial charge in [-0.1, -0.05) is 42.5 Å². The Morgan fingerprint density at radius 2 is 1.62 bits per heavy atom. The molecule has 4 heteroatoms. The van der Waals surface area contributed by atoms with Crippen molar-refractivity contribution in [2.45, 2.75) is 0 Å². The van der Waals surface area contributed by atoms with E-state index in [4.69, 9.17) is 10.5 Å². The van der Waals surface area contributed by atoms with E-state index < -0.39 is 0 Å². The smallest absolute Gasteiger partial charge is 0.220 e. The standard InChI is InChI=1S/C17H15N3O/c1-21-14-9-7-12(8-10-14)15-11-19-17(18)20-16(15)13-5-3-2-4-6-13/h2-11H,1H3,(H2,18,19,20). The van der Waals surface area contributed by atoms with Crippen molar-refractivity contribution in [3.8, 4) is 28.1 Å². The van der Waals surface area contributed by atoms with Crippen molar-refractivity contribution in [3.05, 3.63) is 60.8 Å². The lowest BCUT2D eigenvalue weighted by Crippen LogP contribution is -1.98. The molecule has 4 nitrogen and oxygen atoms in total. The summed E-state index contributed by atoms with van der Waals surface area (Å²) < 4.78 is 5.19. The molecule has 0 aliphatic heterocycles. The van der Waals surface area contributed by atoms with Crippen molar-refractivity contribution in [1.82, 2.24) is 9.97 Å². The van der Waals surface area contributed by atoms with Crippen molar-refractivity contribution >= 4 is 5.95 Å². The second-order valence-corrected chi connectivity index (χ2v) is 4.59. The van der Waals surface area contributed by atoms with Crippen LogP contribution in [0.2, 0.25) is 0 Å². The van der Waals surface area contributed by atoms with Crippen LogP contribution in [0.5, 0.6) is 5.75 Å². The molecule has 0 bridgehead atoms. The Kier molecular flexibility index (Phi) is 3.51. The molecule has 3 rings (SSSR count). The van der Waals surface area contributed by atoms with Gasteiger partial charge in [0, 0.05) is 17.3 Å². The first-order valence-corrected chi connectivity index (χ1v) is 6.60. The molecule has 21 heavy (non-hydrogen) atoms. The molecule has 0 saturated carbocycles. The Labute approximate surface area is 123 Å². The number of ether oxygens (including phenoxy) is 1. The summed E-state index contributed by atoms with van der Waals surface area (Å²) in [6.45, 7) is 0. The fourth-order valence-corrected chi connectivity index (χ4v) is 2.19. The molecule has 0 radical (unpaired) electrons. The van der Waals surface area contributed by atoms with E-state index >= 15 is 0 Å². The average Bonchev–Trinajstić information content (AvgIpc) is 2.56. The Hall–Kier alpha value is -2.88. The van der Waals surface area contributed by atoms with Crippen LogP contribution in [0.3, 0.4) is 0 Å². The zero-order chi connectivity index (χ0) is 14.7. The van der Waals surface area contributed by atoms with Gasteiger partial charge in [0.05, 0.1) is 12.8 Å². The zero-order valence-corrected chi connectivity index (χ0v) is 11.7. The normalized spacial score (nSPS) is 10.3. The number of hydrogen-bond donors (Lipinski definition) is 1. The Bertz CT molecular complexity index is 740. The van der Waals surface area contributed by atoms with E-state index in [9.17, 15) is 0 Å². The lowest BCUT2D eigenvalue weighted by atomic mass is 10.0. The van der Waals surface area contributed by atoms with Gasteiger partial charge in [-0.2, -0.15) is 0 Å². The SMILES string of the molecule is COc1ccc(-c2cnc(N)nc2-c2ccccc2)cc1. The first-order chi connectivity index (χ1) is 10.3. The number of benzene rings is 2. The predicted octanol–water partition coefficient (Wildman–Crippen LogP) is 3.40. The van der Waals surface area contributed by atoms with Crippen molar-refractivity contribution < 1.29 is 4.74 Å². The molecule has 0 saturated heterocycles. The van der Waals surface area contributed by atoms with Gasteiger partial charge in [0.25, 0.3) is 0 Å². The molecule has 1 aromatic heterocycles. The van der Waals surface area contributed by atoms with Crippen LogP contribution in [-0.2, 0) is 0 Å². The van der Waals surface area contributed by atoms with Crippen molar-refractivity contribution in [2.75, 3.05) is 12.8 Å². The highest BCUT2D eigenvalue weighted by Gasteiger charge is 2.10. The van der Waals surface area contributed by atoms with Gasteiger partial charge >= 0.3 is 0 Å². The average molecular weight is 277 g/mol. The lowest BCUT2D eigenvalue weighted by molar-refractivity contribution is 0.415. The van der Waals surface area contributed by atoms with Crippen LogP contribution in [0, 0.1) is 0 Å². The highest BCUT2D eigenvalue weighted by Crippen LogP contribution is 2.31. The van der Waals surface area contributed by atoms with Crippen LogP contribution in [0.4, 0.5) is 5.95 Å². The molecule has 0 aliphatic carbocycles. The van der Waals surface area contributed by atoms with Gasteiger partial charge in [0.15, 0.2) is 0 Å². The predicted molar refractivity (Wildman–Crippen MR) is 83.9 cm³/mol. The van der Waals surface area contributed by atoms with Gasteiger partial charge in [-0.3, -0.25) is 0 Å². The van der Waals surface area contributed by atoms with Crippen LogP contribution in [0.1, 0.15) is 0 Å². The van der Waals surface area contributed by atoms with E-state index in [0.29, 0.717) is 0 Å².